The molecule has 41 heavy (non-hydrogen) atoms. The fraction of sp³-hybridized carbons (Fsp3) is 0.394. The van der Waals surface area contributed by atoms with Gasteiger partial charge in [-0.2, -0.15) is 0 Å². The van der Waals surface area contributed by atoms with Crippen molar-refractivity contribution in [1.82, 2.24) is 19.6 Å². The van der Waals surface area contributed by atoms with Gasteiger partial charge in [-0.1, -0.05) is 72.5 Å². The molecule has 0 unspecified atom stereocenters. The SMILES string of the molecule is C#CCN1CC(=O)N([C@@H](C)c2ccccc2)CCC(=O)N(CC#C)CC(=O)N([C@@H](C)c2ccccc2)[C@H](C)CC1=O. The molecule has 0 saturated carbocycles. The third-order valence-corrected chi connectivity index (χ3v) is 7.49. The quantitative estimate of drug-likeness (QED) is 0.514. The maximum absolute atomic E-state index is 13.8. The number of amides is 4. The summed E-state index contributed by atoms with van der Waals surface area (Å²) in [5.41, 5.74) is 1.77. The van der Waals surface area contributed by atoms with Crippen LogP contribution in [-0.4, -0.2) is 82.0 Å². The maximum atomic E-state index is 13.8. The van der Waals surface area contributed by atoms with Crippen LogP contribution in [0.5, 0.6) is 0 Å². The topological polar surface area (TPSA) is 81.2 Å². The minimum Gasteiger partial charge on any atom is -0.334 e. The van der Waals surface area contributed by atoms with Gasteiger partial charge in [0.05, 0.1) is 25.2 Å². The molecule has 8 heteroatoms. The van der Waals surface area contributed by atoms with Gasteiger partial charge >= 0.3 is 0 Å². The van der Waals surface area contributed by atoms with Crippen molar-refractivity contribution in [3.05, 3.63) is 71.8 Å². The Hall–Kier alpha value is -4.56. The van der Waals surface area contributed by atoms with E-state index in [1.165, 1.54) is 9.80 Å². The summed E-state index contributed by atoms with van der Waals surface area (Å²) in [6.45, 7) is 5.05. The summed E-state index contributed by atoms with van der Waals surface area (Å²) in [5, 5.41) is 0. The van der Waals surface area contributed by atoms with E-state index in [4.69, 9.17) is 12.8 Å². The van der Waals surface area contributed by atoms with Crippen molar-refractivity contribution < 1.29 is 19.2 Å². The minimum absolute atomic E-state index is 0.0370. The van der Waals surface area contributed by atoms with E-state index in [9.17, 15) is 19.2 Å². The van der Waals surface area contributed by atoms with Crippen LogP contribution in [0, 0.1) is 24.7 Å². The lowest BCUT2D eigenvalue weighted by Crippen LogP contribution is -2.51. The molecule has 0 radical (unpaired) electrons. The first-order chi connectivity index (χ1) is 19.7. The highest BCUT2D eigenvalue weighted by molar-refractivity contribution is 5.88. The molecule has 0 aliphatic carbocycles. The zero-order chi connectivity index (χ0) is 29.9. The van der Waals surface area contributed by atoms with Crippen molar-refractivity contribution in [2.75, 3.05) is 32.7 Å². The maximum Gasteiger partial charge on any atom is 0.242 e. The van der Waals surface area contributed by atoms with E-state index in [1.54, 1.807) is 16.7 Å². The van der Waals surface area contributed by atoms with Gasteiger partial charge in [0.25, 0.3) is 0 Å². The molecule has 3 atom stereocenters. The number of rotatable bonds is 6. The fourth-order valence-electron chi connectivity index (χ4n) is 5.22. The lowest BCUT2D eigenvalue weighted by molar-refractivity contribution is -0.147. The highest BCUT2D eigenvalue weighted by Crippen LogP contribution is 2.26. The smallest absolute Gasteiger partial charge is 0.242 e. The minimum atomic E-state index is -0.550. The Morgan fingerprint density at radius 2 is 1.22 bits per heavy atom. The van der Waals surface area contributed by atoms with Gasteiger partial charge in [-0.05, 0) is 31.9 Å². The van der Waals surface area contributed by atoms with Crippen molar-refractivity contribution in [2.24, 2.45) is 0 Å². The number of hydrogen-bond acceptors (Lipinski definition) is 4. The van der Waals surface area contributed by atoms with E-state index in [2.05, 4.69) is 11.8 Å². The molecule has 1 aliphatic heterocycles. The van der Waals surface area contributed by atoms with Crippen molar-refractivity contribution in [1.29, 1.82) is 0 Å². The summed E-state index contributed by atoms with van der Waals surface area (Å²) in [6, 6.07) is 17.6. The van der Waals surface area contributed by atoms with Crippen LogP contribution in [-0.2, 0) is 19.2 Å². The van der Waals surface area contributed by atoms with Gasteiger partial charge in [0.15, 0.2) is 0 Å². The third kappa shape index (κ3) is 7.99. The van der Waals surface area contributed by atoms with Crippen LogP contribution in [0.2, 0.25) is 0 Å². The van der Waals surface area contributed by atoms with E-state index >= 15 is 0 Å². The highest BCUT2D eigenvalue weighted by atomic mass is 16.2. The molecule has 214 valence electrons. The van der Waals surface area contributed by atoms with Gasteiger partial charge in [-0.25, -0.2) is 0 Å². The van der Waals surface area contributed by atoms with E-state index in [0.29, 0.717) is 0 Å². The molecule has 1 fully saturated rings. The van der Waals surface area contributed by atoms with Gasteiger partial charge in [0, 0.05) is 25.4 Å². The van der Waals surface area contributed by atoms with Gasteiger partial charge in [-0.15, -0.1) is 12.8 Å². The Morgan fingerprint density at radius 1 is 0.732 bits per heavy atom. The number of hydrogen-bond donors (Lipinski definition) is 0. The first kappa shape index (κ1) is 31.0. The van der Waals surface area contributed by atoms with Crippen LogP contribution < -0.4 is 0 Å². The Labute approximate surface area is 243 Å². The van der Waals surface area contributed by atoms with Crippen LogP contribution >= 0.6 is 0 Å². The fourth-order valence-corrected chi connectivity index (χ4v) is 5.22. The number of nitrogens with zero attached hydrogens (tertiary/aromatic N) is 4. The molecule has 0 N–H and O–H groups in total. The summed E-state index contributed by atoms with van der Waals surface area (Å²) in [7, 11) is 0. The molecule has 1 saturated heterocycles. The Bertz CT molecular complexity index is 1300. The van der Waals surface area contributed by atoms with E-state index < -0.39 is 6.04 Å². The molecule has 1 aliphatic rings. The Balaban J connectivity index is 2.00. The highest BCUT2D eigenvalue weighted by Gasteiger charge is 2.33. The van der Waals surface area contributed by atoms with E-state index in [1.807, 2.05) is 74.5 Å². The van der Waals surface area contributed by atoms with Crippen molar-refractivity contribution >= 4 is 23.6 Å². The summed E-state index contributed by atoms with van der Waals surface area (Å²) >= 11 is 0. The molecule has 8 nitrogen and oxygen atoms in total. The molecular weight excluding hydrogens is 516 g/mol. The average Bonchev–Trinajstić information content (AvgIpc) is 2.97. The second-order valence-corrected chi connectivity index (χ2v) is 10.3. The molecule has 4 amide bonds. The van der Waals surface area contributed by atoms with Crippen LogP contribution in [0.4, 0.5) is 0 Å². The average molecular weight is 555 g/mol. The molecular formula is C33H38N4O4. The lowest BCUT2D eigenvalue weighted by Gasteiger charge is -2.38. The van der Waals surface area contributed by atoms with Gasteiger partial charge in [0.2, 0.25) is 23.6 Å². The first-order valence-corrected chi connectivity index (χ1v) is 13.8. The molecule has 0 bridgehead atoms. The summed E-state index contributed by atoms with van der Waals surface area (Å²) < 4.78 is 0. The zero-order valence-corrected chi connectivity index (χ0v) is 24.0. The molecule has 3 rings (SSSR count). The van der Waals surface area contributed by atoms with Crippen LogP contribution in [0.3, 0.4) is 0 Å². The van der Waals surface area contributed by atoms with E-state index in [-0.39, 0.29) is 81.3 Å². The van der Waals surface area contributed by atoms with Crippen LogP contribution in [0.25, 0.3) is 0 Å². The second kappa shape index (κ2) is 14.7. The van der Waals surface area contributed by atoms with Crippen LogP contribution in [0.1, 0.15) is 56.8 Å². The second-order valence-electron chi connectivity index (χ2n) is 10.3. The largest absolute Gasteiger partial charge is 0.334 e. The van der Waals surface area contributed by atoms with E-state index in [0.717, 1.165) is 11.1 Å². The molecule has 0 aromatic heterocycles. The monoisotopic (exact) mass is 554 g/mol. The zero-order valence-electron chi connectivity index (χ0n) is 24.0. The van der Waals surface area contributed by atoms with Crippen molar-refractivity contribution in [3.63, 3.8) is 0 Å². The van der Waals surface area contributed by atoms with Gasteiger partial charge in [0.1, 0.15) is 13.1 Å². The standard InChI is InChI=1S/C33H38N4O4/c1-6-19-34-24-33(41)37(27(5)29-16-12-9-13-17-29)25(3)22-31(39)35(20-7-2)23-32(40)36(21-18-30(34)38)26(4)28-14-10-8-11-15-28/h1-2,8-17,25-27H,18-24H2,3-5H3/t25-,26+,27+/m1/s1. The summed E-state index contributed by atoms with van der Waals surface area (Å²) in [6.07, 6.45) is 11.1. The molecule has 0 spiro atoms. The molecule has 2 aromatic rings. The predicted octanol–water partition coefficient (Wildman–Crippen LogP) is 3.27. The van der Waals surface area contributed by atoms with Gasteiger partial charge in [-0.3, -0.25) is 19.2 Å². The number of benzene rings is 2. The first-order valence-electron chi connectivity index (χ1n) is 13.8. The number of carbonyl (C=O) groups excluding carboxylic acids is 4. The number of terminal acetylenes is 2. The van der Waals surface area contributed by atoms with Crippen molar-refractivity contribution in [3.8, 4) is 24.7 Å². The third-order valence-electron chi connectivity index (χ3n) is 7.49. The normalized spacial score (nSPS) is 19.3. The van der Waals surface area contributed by atoms with Crippen LogP contribution in [0.15, 0.2) is 60.7 Å². The Morgan fingerprint density at radius 3 is 1.76 bits per heavy atom. The number of carbonyl (C=O) groups is 4. The van der Waals surface area contributed by atoms with Gasteiger partial charge < -0.3 is 19.6 Å². The van der Waals surface area contributed by atoms with Crippen molar-refractivity contribution in [2.45, 2.75) is 51.7 Å². The lowest BCUT2D eigenvalue weighted by atomic mass is 10.0. The summed E-state index contributed by atoms with van der Waals surface area (Å²) in [4.78, 5) is 60.3. The summed E-state index contributed by atoms with van der Waals surface area (Å²) in [5.74, 6) is 3.66. The molecule has 1 heterocycles. The molecule has 2 aromatic carbocycles. The predicted molar refractivity (Wildman–Crippen MR) is 158 cm³/mol. The Kier molecular flexibility index (Phi) is 11.1.